The van der Waals surface area contributed by atoms with E-state index in [0.29, 0.717) is 19.6 Å². The van der Waals surface area contributed by atoms with Gasteiger partial charge < -0.3 is 15.0 Å². The van der Waals surface area contributed by atoms with Crippen molar-refractivity contribution in [1.29, 1.82) is 0 Å². The van der Waals surface area contributed by atoms with Crippen LogP contribution in [0.2, 0.25) is 0 Å². The third-order valence-corrected chi connectivity index (χ3v) is 6.26. The molecule has 35 heavy (non-hydrogen) atoms. The van der Waals surface area contributed by atoms with Crippen molar-refractivity contribution in [2.45, 2.75) is 44.4 Å². The summed E-state index contributed by atoms with van der Waals surface area (Å²) in [5.41, 5.74) is 2.54. The molecule has 3 aromatic rings. The van der Waals surface area contributed by atoms with Crippen LogP contribution in [0, 0.1) is 5.82 Å². The fourth-order valence-corrected chi connectivity index (χ4v) is 4.37. The minimum atomic E-state index is -0.814. The molecular formula is C29H31FN2O3. The summed E-state index contributed by atoms with van der Waals surface area (Å²) < 4.78 is 19.2. The van der Waals surface area contributed by atoms with Crippen LogP contribution in [0.15, 0.2) is 84.9 Å². The van der Waals surface area contributed by atoms with Crippen LogP contribution < -0.4 is 5.32 Å². The van der Waals surface area contributed by atoms with Gasteiger partial charge in [0.05, 0.1) is 6.10 Å². The van der Waals surface area contributed by atoms with Crippen molar-refractivity contribution in [2.24, 2.45) is 0 Å². The fourth-order valence-electron chi connectivity index (χ4n) is 4.37. The predicted molar refractivity (Wildman–Crippen MR) is 133 cm³/mol. The molecule has 2 atom stereocenters. The molecule has 1 aliphatic rings. The summed E-state index contributed by atoms with van der Waals surface area (Å²) in [6, 6.07) is 24.4. The van der Waals surface area contributed by atoms with E-state index in [2.05, 4.69) is 5.32 Å². The van der Waals surface area contributed by atoms with Crippen LogP contribution in [0.5, 0.6) is 0 Å². The summed E-state index contributed by atoms with van der Waals surface area (Å²) in [4.78, 5) is 28.8. The summed E-state index contributed by atoms with van der Waals surface area (Å²) in [5, 5.41) is 3.01. The Morgan fingerprint density at radius 1 is 0.943 bits per heavy atom. The summed E-state index contributed by atoms with van der Waals surface area (Å²) in [5.74, 6) is -0.731. The van der Waals surface area contributed by atoms with Crippen molar-refractivity contribution < 1.29 is 18.7 Å². The van der Waals surface area contributed by atoms with Crippen LogP contribution in [-0.4, -0.2) is 36.0 Å². The van der Waals surface area contributed by atoms with Gasteiger partial charge in [0.15, 0.2) is 0 Å². The highest BCUT2D eigenvalue weighted by atomic mass is 19.1. The molecule has 4 rings (SSSR count). The fraction of sp³-hybridized carbons (Fsp3) is 0.310. The van der Waals surface area contributed by atoms with Gasteiger partial charge in [0.2, 0.25) is 11.8 Å². The normalized spacial score (nSPS) is 16.0. The molecule has 0 aromatic heterocycles. The molecule has 3 aromatic carbocycles. The van der Waals surface area contributed by atoms with Crippen molar-refractivity contribution in [3.8, 4) is 0 Å². The average molecular weight is 475 g/mol. The zero-order chi connectivity index (χ0) is 24.5. The molecule has 0 unspecified atom stereocenters. The van der Waals surface area contributed by atoms with Crippen molar-refractivity contribution in [3.05, 3.63) is 107 Å². The monoisotopic (exact) mass is 474 g/mol. The van der Waals surface area contributed by atoms with Crippen molar-refractivity contribution in [3.63, 3.8) is 0 Å². The van der Waals surface area contributed by atoms with E-state index in [-0.39, 0.29) is 36.7 Å². The quantitative estimate of drug-likeness (QED) is 0.458. The Kier molecular flexibility index (Phi) is 8.63. The van der Waals surface area contributed by atoms with Crippen LogP contribution >= 0.6 is 0 Å². The Bertz CT molecular complexity index is 1080. The number of amides is 2. The first-order valence-electron chi connectivity index (χ1n) is 12.1. The molecule has 0 spiro atoms. The van der Waals surface area contributed by atoms with Crippen LogP contribution in [0.1, 0.15) is 42.0 Å². The molecule has 0 radical (unpaired) electrons. The number of rotatable bonds is 10. The molecule has 0 aliphatic carbocycles. The molecule has 182 valence electrons. The van der Waals surface area contributed by atoms with Gasteiger partial charge in [-0.2, -0.15) is 0 Å². The molecule has 1 aliphatic heterocycles. The van der Waals surface area contributed by atoms with Crippen molar-refractivity contribution in [1.82, 2.24) is 10.2 Å². The minimum absolute atomic E-state index is 0.00490. The van der Waals surface area contributed by atoms with E-state index in [1.165, 1.54) is 12.1 Å². The van der Waals surface area contributed by atoms with E-state index in [1.54, 1.807) is 17.0 Å². The molecule has 1 heterocycles. The van der Waals surface area contributed by atoms with Gasteiger partial charge >= 0.3 is 0 Å². The Labute approximate surface area is 205 Å². The lowest BCUT2D eigenvalue weighted by atomic mass is 10.0. The summed E-state index contributed by atoms with van der Waals surface area (Å²) >= 11 is 0. The van der Waals surface area contributed by atoms with Crippen LogP contribution in [0.25, 0.3) is 0 Å². The molecule has 2 amide bonds. The number of carbonyl (C=O) groups excluding carboxylic acids is 2. The lowest BCUT2D eigenvalue weighted by Crippen LogP contribution is -2.45. The lowest BCUT2D eigenvalue weighted by Gasteiger charge is -2.32. The number of ether oxygens (including phenoxy) is 1. The van der Waals surface area contributed by atoms with Gasteiger partial charge in [-0.3, -0.25) is 9.59 Å². The molecular weight excluding hydrogens is 443 g/mol. The van der Waals surface area contributed by atoms with E-state index < -0.39 is 6.04 Å². The topological polar surface area (TPSA) is 58.6 Å². The number of aryl methyl sites for hydroxylation is 1. The van der Waals surface area contributed by atoms with E-state index in [0.717, 1.165) is 29.5 Å². The maximum Gasteiger partial charge on any atom is 0.247 e. The standard InChI is InChI=1S/C29H31FN2O3/c30-25-16-13-23(14-17-25)21-32(27(33)18-15-22-8-3-1-4-9-22)28(24-10-5-2-6-11-24)29(34)31-20-26-12-7-19-35-26/h1-6,8-11,13-14,16-17,26,28H,7,12,15,18-21H2,(H,31,34)/t26-,28-/m0/s1. The smallest absolute Gasteiger partial charge is 0.247 e. The molecule has 1 N–H and O–H groups in total. The Balaban J connectivity index is 1.60. The summed E-state index contributed by atoms with van der Waals surface area (Å²) in [7, 11) is 0. The van der Waals surface area contributed by atoms with Gasteiger partial charge in [0, 0.05) is 26.1 Å². The van der Waals surface area contributed by atoms with E-state index in [4.69, 9.17) is 4.74 Å². The number of carbonyl (C=O) groups is 2. The number of hydrogen-bond acceptors (Lipinski definition) is 3. The van der Waals surface area contributed by atoms with Crippen molar-refractivity contribution in [2.75, 3.05) is 13.2 Å². The Morgan fingerprint density at radius 3 is 2.29 bits per heavy atom. The molecule has 0 saturated carbocycles. The third kappa shape index (κ3) is 6.99. The van der Waals surface area contributed by atoms with E-state index >= 15 is 0 Å². The van der Waals surface area contributed by atoms with Crippen LogP contribution in [-0.2, 0) is 27.3 Å². The lowest BCUT2D eigenvalue weighted by molar-refractivity contribution is -0.141. The molecule has 1 fully saturated rings. The zero-order valence-electron chi connectivity index (χ0n) is 19.7. The largest absolute Gasteiger partial charge is 0.376 e. The van der Waals surface area contributed by atoms with Gasteiger partial charge in [-0.25, -0.2) is 4.39 Å². The van der Waals surface area contributed by atoms with Gasteiger partial charge in [-0.1, -0.05) is 72.8 Å². The number of nitrogens with zero attached hydrogens (tertiary/aromatic N) is 1. The Hall–Kier alpha value is -3.51. The maximum absolute atomic E-state index is 13.6. The highest BCUT2D eigenvalue weighted by Crippen LogP contribution is 2.25. The zero-order valence-corrected chi connectivity index (χ0v) is 19.7. The predicted octanol–water partition coefficient (Wildman–Crippen LogP) is 4.82. The van der Waals surface area contributed by atoms with Crippen molar-refractivity contribution >= 4 is 11.8 Å². The van der Waals surface area contributed by atoms with Gasteiger partial charge in [-0.15, -0.1) is 0 Å². The van der Waals surface area contributed by atoms with Gasteiger partial charge in [0.1, 0.15) is 11.9 Å². The number of hydrogen-bond donors (Lipinski definition) is 1. The maximum atomic E-state index is 13.6. The van der Waals surface area contributed by atoms with E-state index in [9.17, 15) is 14.0 Å². The second-order valence-electron chi connectivity index (χ2n) is 8.83. The highest BCUT2D eigenvalue weighted by Gasteiger charge is 2.32. The second kappa shape index (κ2) is 12.3. The molecule has 0 bridgehead atoms. The van der Waals surface area contributed by atoms with E-state index in [1.807, 2.05) is 60.7 Å². The first-order valence-corrected chi connectivity index (χ1v) is 12.1. The Morgan fingerprint density at radius 2 is 1.63 bits per heavy atom. The number of nitrogens with one attached hydrogen (secondary N) is 1. The SMILES string of the molecule is O=C(NC[C@@H]1CCCO1)[C@H](c1ccccc1)N(Cc1ccc(F)cc1)C(=O)CCc1ccccc1. The second-order valence-corrected chi connectivity index (χ2v) is 8.83. The average Bonchev–Trinajstić information content (AvgIpc) is 3.42. The van der Waals surface area contributed by atoms with Gasteiger partial charge in [0.25, 0.3) is 0 Å². The third-order valence-electron chi connectivity index (χ3n) is 6.26. The molecule has 6 heteroatoms. The first kappa shape index (κ1) is 24.6. The molecule has 1 saturated heterocycles. The minimum Gasteiger partial charge on any atom is -0.376 e. The van der Waals surface area contributed by atoms with Crippen LogP contribution in [0.3, 0.4) is 0 Å². The number of benzene rings is 3. The molecule has 5 nitrogen and oxygen atoms in total. The summed E-state index contributed by atoms with van der Waals surface area (Å²) in [6.45, 7) is 1.31. The number of halogens is 1. The highest BCUT2D eigenvalue weighted by molar-refractivity contribution is 5.88. The van der Waals surface area contributed by atoms with Crippen LogP contribution in [0.4, 0.5) is 4.39 Å². The van der Waals surface area contributed by atoms with Gasteiger partial charge in [-0.05, 0) is 48.1 Å². The first-order chi connectivity index (χ1) is 17.1. The summed E-state index contributed by atoms with van der Waals surface area (Å²) in [6.07, 6.45) is 2.71.